The minimum absolute atomic E-state index is 0.0514. The average molecular weight is 437 g/mol. The van der Waals surface area contributed by atoms with Crippen LogP contribution in [0.2, 0.25) is 0 Å². The molecule has 32 heavy (non-hydrogen) atoms. The van der Waals surface area contributed by atoms with Crippen molar-refractivity contribution in [1.29, 1.82) is 0 Å². The van der Waals surface area contributed by atoms with Crippen molar-refractivity contribution < 1.29 is 28.7 Å². The molecule has 0 amide bonds. The molecule has 2 atom stereocenters. The van der Waals surface area contributed by atoms with E-state index < -0.39 is 24.1 Å². The van der Waals surface area contributed by atoms with E-state index in [-0.39, 0.29) is 11.6 Å². The van der Waals surface area contributed by atoms with Gasteiger partial charge in [0, 0.05) is 12.8 Å². The van der Waals surface area contributed by atoms with Crippen molar-refractivity contribution >= 4 is 23.5 Å². The second-order valence-electron chi connectivity index (χ2n) is 7.94. The lowest BCUT2D eigenvalue weighted by molar-refractivity contribution is -0.130. The van der Waals surface area contributed by atoms with Crippen LogP contribution in [0.4, 0.5) is 0 Å². The van der Waals surface area contributed by atoms with Gasteiger partial charge in [0.2, 0.25) is 0 Å². The largest absolute Gasteiger partial charge is 0.451 e. The van der Waals surface area contributed by atoms with E-state index in [1.165, 1.54) is 0 Å². The van der Waals surface area contributed by atoms with E-state index in [0.717, 1.165) is 25.7 Å². The smallest absolute Gasteiger partial charge is 0.338 e. The van der Waals surface area contributed by atoms with Crippen LogP contribution in [0.25, 0.3) is 0 Å². The molecule has 0 saturated heterocycles. The lowest BCUT2D eigenvalue weighted by Crippen LogP contribution is -2.30. The van der Waals surface area contributed by atoms with Crippen molar-refractivity contribution in [2.75, 3.05) is 0 Å². The van der Waals surface area contributed by atoms with Gasteiger partial charge < -0.3 is 9.47 Å². The average Bonchev–Trinajstić information content (AvgIpc) is 2.83. The number of ether oxygens (including phenoxy) is 2. The van der Waals surface area contributed by atoms with Crippen LogP contribution >= 0.6 is 0 Å². The van der Waals surface area contributed by atoms with Crippen molar-refractivity contribution in [2.45, 2.75) is 63.6 Å². The van der Waals surface area contributed by atoms with Gasteiger partial charge in [-0.2, -0.15) is 0 Å². The Kier molecular flexibility index (Phi) is 8.72. The summed E-state index contributed by atoms with van der Waals surface area (Å²) in [5, 5.41) is 0. The fraction of sp³-hybridized carbons (Fsp3) is 0.385. The number of ketones is 2. The summed E-state index contributed by atoms with van der Waals surface area (Å²) < 4.78 is 10.4. The van der Waals surface area contributed by atoms with Gasteiger partial charge in [-0.05, 0) is 62.8 Å². The first-order chi connectivity index (χ1) is 15.5. The van der Waals surface area contributed by atoms with Crippen molar-refractivity contribution in [2.24, 2.45) is 0 Å². The molecule has 2 aliphatic rings. The molecule has 0 spiro atoms. The highest BCUT2D eigenvalue weighted by atomic mass is 16.6. The number of hydrogen-bond donors (Lipinski definition) is 0. The third kappa shape index (κ3) is 6.87. The van der Waals surface area contributed by atoms with Gasteiger partial charge in [-0.3, -0.25) is 9.59 Å². The summed E-state index contributed by atoms with van der Waals surface area (Å²) in [7, 11) is 0. The molecule has 2 aliphatic carbocycles. The van der Waals surface area contributed by atoms with Crippen LogP contribution < -0.4 is 0 Å². The van der Waals surface area contributed by atoms with Gasteiger partial charge in [0.15, 0.2) is 23.8 Å². The fourth-order valence-electron chi connectivity index (χ4n) is 3.69. The highest BCUT2D eigenvalue weighted by Crippen LogP contribution is 2.19. The molecule has 2 saturated carbocycles. The Labute approximate surface area is 187 Å². The van der Waals surface area contributed by atoms with E-state index in [1.807, 2.05) is 12.1 Å². The summed E-state index contributed by atoms with van der Waals surface area (Å²) in [6, 6.07) is 17.5. The Balaban J connectivity index is 0.000000181. The zero-order valence-electron chi connectivity index (χ0n) is 18.0. The summed E-state index contributed by atoms with van der Waals surface area (Å²) in [4.78, 5) is 46.3. The lowest BCUT2D eigenvalue weighted by Gasteiger charge is -2.20. The second-order valence-corrected chi connectivity index (χ2v) is 7.94. The number of Topliss-reactive ketones (excluding diaryl/α,β-unsaturated/α-hetero) is 2. The van der Waals surface area contributed by atoms with Crippen LogP contribution in [-0.4, -0.2) is 35.7 Å². The van der Waals surface area contributed by atoms with Gasteiger partial charge in [0.05, 0.1) is 11.1 Å². The first-order valence-corrected chi connectivity index (χ1v) is 11.1. The second kappa shape index (κ2) is 11.9. The van der Waals surface area contributed by atoms with E-state index >= 15 is 0 Å². The van der Waals surface area contributed by atoms with Gasteiger partial charge >= 0.3 is 11.9 Å². The molecule has 2 fully saturated rings. The van der Waals surface area contributed by atoms with Crippen LogP contribution in [0.15, 0.2) is 60.7 Å². The molecular weight excluding hydrogens is 408 g/mol. The van der Waals surface area contributed by atoms with Gasteiger partial charge in [0.25, 0.3) is 0 Å². The molecule has 2 aromatic rings. The van der Waals surface area contributed by atoms with Gasteiger partial charge in [-0.15, -0.1) is 0 Å². The predicted octanol–water partition coefficient (Wildman–Crippen LogP) is 4.71. The standard InChI is InChI=1S/2C13H14O3/c2*14-11-8-4-5-9-12(11)16-13(15)10-6-2-1-3-7-10/h2*1-3,6-7,12H,4-5,8-9H2. The van der Waals surface area contributed by atoms with E-state index in [4.69, 9.17) is 9.47 Å². The Morgan fingerprint density at radius 2 is 0.969 bits per heavy atom. The molecule has 0 bridgehead atoms. The SMILES string of the molecule is O=C(OC1CCCCC1=O)c1ccccc1.O=C(OC1CCCCC1=O)c1ccccc1. The number of carbonyl (C=O) groups is 4. The fourth-order valence-corrected chi connectivity index (χ4v) is 3.69. The van der Waals surface area contributed by atoms with Crippen LogP contribution in [0.3, 0.4) is 0 Å². The molecule has 0 heterocycles. The normalized spacial score (nSPS) is 20.5. The quantitative estimate of drug-likeness (QED) is 0.645. The maximum absolute atomic E-state index is 11.7. The highest BCUT2D eigenvalue weighted by molar-refractivity contribution is 5.93. The molecular formula is C26H28O6. The molecule has 0 aromatic heterocycles. The number of benzene rings is 2. The Bertz CT molecular complexity index is 844. The molecule has 2 aromatic carbocycles. The minimum Gasteiger partial charge on any atom is -0.451 e. The molecule has 0 aliphatic heterocycles. The summed E-state index contributed by atoms with van der Waals surface area (Å²) in [5.74, 6) is -0.701. The first-order valence-electron chi connectivity index (χ1n) is 11.1. The Morgan fingerprint density at radius 3 is 1.31 bits per heavy atom. The summed E-state index contributed by atoms with van der Waals surface area (Å²) >= 11 is 0. The predicted molar refractivity (Wildman–Crippen MR) is 118 cm³/mol. The molecule has 6 heteroatoms. The lowest BCUT2D eigenvalue weighted by atomic mass is 9.96. The topological polar surface area (TPSA) is 86.7 Å². The van der Waals surface area contributed by atoms with Gasteiger partial charge in [-0.25, -0.2) is 9.59 Å². The van der Waals surface area contributed by atoms with Crippen LogP contribution in [0, 0.1) is 0 Å². The third-order valence-corrected chi connectivity index (χ3v) is 5.51. The Morgan fingerprint density at radius 1 is 0.594 bits per heavy atom. The summed E-state index contributed by atoms with van der Waals surface area (Å²) in [5.41, 5.74) is 1.00. The van der Waals surface area contributed by atoms with E-state index in [0.29, 0.717) is 36.8 Å². The first kappa shape index (κ1) is 23.4. The molecule has 0 radical (unpaired) electrons. The molecule has 6 nitrogen and oxygen atoms in total. The van der Waals surface area contributed by atoms with E-state index in [2.05, 4.69) is 0 Å². The third-order valence-electron chi connectivity index (χ3n) is 5.51. The van der Waals surface area contributed by atoms with Crippen molar-refractivity contribution in [3.05, 3.63) is 71.8 Å². The molecule has 4 rings (SSSR count). The zero-order valence-corrected chi connectivity index (χ0v) is 18.0. The number of esters is 2. The number of rotatable bonds is 4. The van der Waals surface area contributed by atoms with Crippen molar-refractivity contribution in [1.82, 2.24) is 0 Å². The minimum atomic E-state index is -0.526. The number of hydrogen-bond acceptors (Lipinski definition) is 6. The van der Waals surface area contributed by atoms with Gasteiger partial charge in [0.1, 0.15) is 0 Å². The molecule has 168 valence electrons. The number of carbonyl (C=O) groups excluding carboxylic acids is 4. The van der Waals surface area contributed by atoms with Crippen molar-refractivity contribution in [3.63, 3.8) is 0 Å². The summed E-state index contributed by atoms with van der Waals surface area (Å²) in [6.07, 6.45) is 5.09. The summed E-state index contributed by atoms with van der Waals surface area (Å²) in [6.45, 7) is 0. The highest BCUT2D eigenvalue weighted by Gasteiger charge is 2.27. The molecule has 2 unspecified atom stereocenters. The van der Waals surface area contributed by atoms with Crippen LogP contribution in [0.5, 0.6) is 0 Å². The maximum Gasteiger partial charge on any atom is 0.338 e. The van der Waals surface area contributed by atoms with Gasteiger partial charge in [-0.1, -0.05) is 36.4 Å². The van der Waals surface area contributed by atoms with E-state index in [1.54, 1.807) is 48.5 Å². The van der Waals surface area contributed by atoms with Crippen LogP contribution in [-0.2, 0) is 19.1 Å². The zero-order chi connectivity index (χ0) is 22.8. The Hall–Kier alpha value is -3.28. The molecule has 0 N–H and O–H groups in total. The van der Waals surface area contributed by atoms with E-state index in [9.17, 15) is 19.2 Å². The monoisotopic (exact) mass is 436 g/mol. The van der Waals surface area contributed by atoms with Crippen LogP contribution in [0.1, 0.15) is 72.1 Å². The maximum atomic E-state index is 11.7. The van der Waals surface area contributed by atoms with Crippen molar-refractivity contribution in [3.8, 4) is 0 Å².